The standard InChI is InChI=1S/C10H9F2NS/c1-5-6-2-3-14-9(6)7(10(11)12)4-8(5)13/h2-4,10H,13H2,1H3. The molecule has 2 rings (SSSR count). The molecule has 4 heteroatoms. The summed E-state index contributed by atoms with van der Waals surface area (Å²) < 4.78 is 25.9. The summed E-state index contributed by atoms with van der Waals surface area (Å²) in [7, 11) is 0. The Morgan fingerprint density at radius 1 is 1.43 bits per heavy atom. The van der Waals surface area contributed by atoms with Gasteiger partial charge < -0.3 is 5.73 Å². The minimum Gasteiger partial charge on any atom is -0.398 e. The third-order valence-corrected chi connectivity index (χ3v) is 3.27. The molecule has 0 amide bonds. The normalized spacial score (nSPS) is 11.4. The van der Waals surface area contributed by atoms with Crippen LogP contribution in [0.1, 0.15) is 17.6 Å². The zero-order valence-electron chi connectivity index (χ0n) is 7.55. The number of benzene rings is 1. The summed E-state index contributed by atoms with van der Waals surface area (Å²) in [5.74, 6) is 0. The number of alkyl halides is 2. The molecule has 0 aliphatic carbocycles. The fourth-order valence-electron chi connectivity index (χ4n) is 1.49. The van der Waals surface area contributed by atoms with Crippen LogP contribution in [0.4, 0.5) is 14.5 Å². The smallest absolute Gasteiger partial charge is 0.265 e. The molecular weight excluding hydrogens is 204 g/mol. The van der Waals surface area contributed by atoms with Gasteiger partial charge in [-0.15, -0.1) is 11.3 Å². The van der Waals surface area contributed by atoms with Gasteiger partial charge in [0.25, 0.3) is 6.43 Å². The predicted octanol–water partition coefficient (Wildman–Crippen LogP) is 3.73. The molecule has 1 aromatic heterocycles. The van der Waals surface area contributed by atoms with E-state index in [9.17, 15) is 8.78 Å². The topological polar surface area (TPSA) is 26.0 Å². The van der Waals surface area contributed by atoms with Gasteiger partial charge in [-0.05, 0) is 35.4 Å². The molecule has 0 aliphatic rings. The molecule has 0 atom stereocenters. The van der Waals surface area contributed by atoms with Crippen LogP contribution in [0, 0.1) is 6.92 Å². The Morgan fingerprint density at radius 2 is 2.14 bits per heavy atom. The third-order valence-electron chi connectivity index (χ3n) is 2.31. The highest BCUT2D eigenvalue weighted by atomic mass is 32.1. The first kappa shape index (κ1) is 9.40. The van der Waals surface area contributed by atoms with Crippen LogP contribution in [-0.2, 0) is 0 Å². The Kier molecular flexibility index (Phi) is 2.15. The number of aryl methyl sites for hydroxylation is 1. The Balaban J connectivity index is 2.84. The fraction of sp³-hybridized carbons (Fsp3) is 0.200. The highest BCUT2D eigenvalue weighted by Gasteiger charge is 2.15. The maximum atomic E-state index is 12.6. The lowest BCUT2D eigenvalue weighted by atomic mass is 10.1. The SMILES string of the molecule is Cc1c(N)cc(C(F)F)c2sccc12. The number of fused-ring (bicyclic) bond motifs is 1. The van der Waals surface area contributed by atoms with Gasteiger partial charge in [-0.25, -0.2) is 8.78 Å². The van der Waals surface area contributed by atoms with Gasteiger partial charge in [0.1, 0.15) is 0 Å². The number of hydrogen-bond acceptors (Lipinski definition) is 2. The summed E-state index contributed by atoms with van der Waals surface area (Å²) in [5, 5.41) is 2.65. The Labute approximate surface area is 84.2 Å². The van der Waals surface area contributed by atoms with Crippen LogP contribution in [0.2, 0.25) is 0 Å². The summed E-state index contributed by atoms with van der Waals surface area (Å²) in [5.41, 5.74) is 7.01. The van der Waals surface area contributed by atoms with Crippen LogP contribution in [0.3, 0.4) is 0 Å². The predicted molar refractivity (Wildman–Crippen MR) is 55.9 cm³/mol. The maximum absolute atomic E-state index is 12.6. The van der Waals surface area contributed by atoms with E-state index in [0.717, 1.165) is 10.9 Å². The van der Waals surface area contributed by atoms with Crippen LogP contribution in [0.25, 0.3) is 10.1 Å². The van der Waals surface area contributed by atoms with Gasteiger partial charge >= 0.3 is 0 Å². The molecule has 1 heterocycles. The van der Waals surface area contributed by atoms with Crippen molar-refractivity contribution >= 4 is 27.1 Å². The maximum Gasteiger partial charge on any atom is 0.265 e. The number of nitrogen functional groups attached to an aromatic ring is 1. The lowest BCUT2D eigenvalue weighted by Gasteiger charge is -2.07. The van der Waals surface area contributed by atoms with Gasteiger partial charge in [0, 0.05) is 16.0 Å². The van der Waals surface area contributed by atoms with E-state index in [1.807, 2.05) is 18.4 Å². The first-order chi connectivity index (χ1) is 6.61. The van der Waals surface area contributed by atoms with Gasteiger partial charge in [-0.2, -0.15) is 0 Å². The first-order valence-electron chi connectivity index (χ1n) is 4.15. The van der Waals surface area contributed by atoms with Crippen molar-refractivity contribution in [2.24, 2.45) is 0 Å². The molecule has 0 spiro atoms. The second-order valence-corrected chi connectivity index (χ2v) is 4.06. The lowest BCUT2D eigenvalue weighted by Crippen LogP contribution is -1.93. The van der Waals surface area contributed by atoms with Crippen LogP contribution in [0.5, 0.6) is 0 Å². The van der Waals surface area contributed by atoms with E-state index < -0.39 is 6.43 Å². The van der Waals surface area contributed by atoms with Crippen molar-refractivity contribution in [2.45, 2.75) is 13.3 Å². The zero-order valence-corrected chi connectivity index (χ0v) is 8.37. The number of thiophene rings is 1. The molecule has 0 saturated carbocycles. The largest absolute Gasteiger partial charge is 0.398 e. The van der Waals surface area contributed by atoms with Gasteiger partial charge in [-0.1, -0.05) is 0 Å². The quantitative estimate of drug-likeness (QED) is 0.717. The number of anilines is 1. The second kappa shape index (κ2) is 3.20. The van der Waals surface area contributed by atoms with Crippen molar-refractivity contribution in [1.82, 2.24) is 0 Å². The average molecular weight is 213 g/mol. The molecule has 0 bridgehead atoms. The molecule has 14 heavy (non-hydrogen) atoms. The van der Waals surface area contributed by atoms with E-state index in [-0.39, 0.29) is 5.56 Å². The highest BCUT2D eigenvalue weighted by molar-refractivity contribution is 7.17. The van der Waals surface area contributed by atoms with Crippen LogP contribution < -0.4 is 5.73 Å². The van der Waals surface area contributed by atoms with E-state index in [1.165, 1.54) is 17.4 Å². The van der Waals surface area contributed by atoms with E-state index in [0.29, 0.717) is 10.4 Å². The van der Waals surface area contributed by atoms with Crippen molar-refractivity contribution in [2.75, 3.05) is 5.73 Å². The summed E-state index contributed by atoms with van der Waals surface area (Å²) in [4.78, 5) is 0. The molecule has 0 unspecified atom stereocenters. The summed E-state index contributed by atoms with van der Waals surface area (Å²) in [6.45, 7) is 1.85. The van der Waals surface area contributed by atoms with Crippen molar-refractivity contribution in [3.63, 3.8) is 0 Å². The van der Waals surface area contributed by atoms with E-state index in [4.69, 9.17) is 5.73 Å². The van der Waals surface area contributed by atoms with Crippen LogP contribution in [0.15, 0.2) is 17.5 Å². The molecule has 1 aromatic carbocycles. The Bertz CT molecular complexity index is 476. The summed E-state index contributed by atoms with van der Waals surface area (Å²) in [6, 6.07) is 3.20. The second-order valence-electron chi connectivity index (χ2n) is 3.14. The zero-order chi connectivity index (χ0) is 10.3. The summed E-state index contributed by atoms with van der Waals surface area (Å²) >= 11 is 1.33. The van der Waals surface area contributed by atoms with Crippen LogP contribution in [-0.4, -0.2) is 0 Å². The van der Waals surface area contributed by atoms with Crippen molar-refractivity contribution in [3.05, 3.63) is 28.6 Å². The van der Waals surface area contributed by atoms with Gasteiger partial charge in [0.15, 0.2) is 0 Å². The molecule has 2 aromatic rings. The number of halogens is 2. The minimum atomic E-state index is -2.46. The molecule has 0 radical (unpaired) electrons. The van der Waals surface area contributed by atoms with Crippen molar-refractivity contribution in [1.29, 1.82) is 0 Å². The van der Waals surface area contributed by atoms with Crippen LogP contribution >= 0.6 is 11.3 Å². The summed E-state index contributed by atoms with van der Waals surface area (Å²) in [6.07, 6.45) is -2.46. The van der Waals surface area contributed by atoms with E-state index >= 15 is 0 Å². The molecule has 2 N–H and O–H groups in total. The Hall–Kier alpha value is -1.16. The average Bonchev–Trinajstić information content (AvgIpc) is 2.59. The molecular formula is C10H9F2NS. The lowest BCUT2D eigenvalue weighted by molar-refractivity contribution is 0.153. The monoisotopic (exact) mass is 213 g/mol. The van der Waals surface area contributed by atoms with E-state index in [1.54, 1.807) is 0 Å². The molecule has 1 nitrogen and oxygen atoms in total. The van der Waals surface area contributed by atoms with E-state index in [2.05, 4.69) is 0 Å². The number of nitrogens with two attached hydrogens (primary N) is 1. The van der Waals surface area contributed by atoms with Crippen molar-refractivity contribution < 1.29 is 8.78 Å². The number of hydrogen-bond donors (Lipinski definition) is 1. The molecule has 0 saturated heterocycles. The van der Waals surface area contributed by atoms with Crippen molar-refractivity contribution in [3.8, 4) is 0 Å². The minimum absolute atomic E-state index is 0.0399. The third kappa shape index (κ3) is 1.26. The van der Waals surface area contributed by atoms with Gasteiger partial charge in [0.2, 0.25) is 0 Å². The first-order valence-corrected chi connectivity index (χ1v) is 5.03. The molecule has 0 aliphatic heterocycles. The number of rotatable bonds is 1. The molecule has 0 fully saturated rings. The Morgan fingerprint density at radius 3 is 2.79 bits per heavy atom. The van der Waals surface area contributed by atoms with Gasteiger partial charge in [0.05, 0.1) is 0 Å². The van der Waals surface area contributed by atoms with Gasteiger partial charge in [-0.3, -0.25) is 0 Å². The highest BCUT2D eigenvalue weighted by Crippen LogP contribution is 2.36. The fourth-order valence-corrected chi connectivity index (χ4v) is 2.46. The molecule has 74 valence electrons.